The van der Waals surface area contributed by atoms with E-state index in [4.69, 9.17) is 5.73 Å². The number of benzene rings is 1. The molecule has 0 atom stereocenters. The summed E-state index contributed by atoms with van der Waals surface area (Å²) in [6.45, 7) is 0. The molecule has 1 rings (SSSR count). The van der Waals surface area contributed by atoms with Gasteiger partial charge in [0, 0.05) is 10.7 Å². The number of rotatable bonds is 1. The van der Waals surface area contributed by atoms with Crippen LogP contribution >= 0.6 is 67.8 Å². The largest absolute Gasteiger partial charge is 1.00 e. The van der Waals surface area contributed by atoms with Crippen molar-refractivity contribution in [2.45, 2.75) is 0 Å². The van der Waals surface area contributed by atoms with Crippen molar-refractivity contribution in [2.24, 2.45) is 5.73 Å². The standard InChI is InChI=1S/C7H4I3NO2.Na/c8-2-1-3(9)6(12)5(10)4(2)7(11)13;/h1,12H,(H2,11,13);/q;+1/p-1. The number of carbonyl (C=O) groups is 1. The second-order valence-corrected chi connectivity index (χ2v) is 5.63. The summed E-state index contributed by atoms with van der Waals surface area (Å²) in [5, 5.41) is 11.4. The number of amides is 1. The molecule has 0 saturated heterocycles. The summed E-state index contributed by atoms with van der Waals surface area (Å²) in [6.07, 6.45) is 0. The van der Waals surface area contributed by atoms with Gasteiger partial charge in [-0.1, -0.05) is 5.75 Å². The van der Waals surface area contributed by atoms with Crippen LogP contribution in [0, 0.1) is 10.7 Å². The molecule has 70 valence electrons. The van der Waals surface area contributed by atoms with E-state index < -0.39 is 5.91 Å². The van der Waals surface area contributed by atoms with Gasteiger partial charge < -0.3 is 10.8 Å². The first-order valence-electron chi connectivity index (χ1n) is 3.09. The van der Waals surface area contributed by atoms with Crippen LogP contribution in [0.2, 0.25) is 0 Å². The summed E-state index contributed by atoms with van der Waals surface area (Å²) in [7, 11) is 0. The molecule has 1 aromatic rings. The fourth-order valence-electron chi connectivity index (χ4n) is 0.798. The maximum Gasteiger partial charge on any atom is 1.00 e. The quantitative estimate of drug-likeness (QED) is 0.357. The van der Waals surface area contributed by atoms with Crippen LogP contribution in [-0.2, 0) is 0 Å². The van der Waals surface area contributed by atoms with Gasteiger partial charge >= 0.3 is 29.6 Å². The average molecular weight is 537 g/mol. The molecule has 14 heavy (non-hydrogen) atoms. The van der Waals surface area contributed by atoms with Crippen molar-refractivity contribution in [2.75, 3.05) is 0 Å². The van der Waals surface area contributed by atoms with E-state index in [1.54, 1.807) is 6.07 Å². The third-order valence-electron chi connectivity index (χ3n) is 1.37. The monoisotopic (exact) mass is 537 g/mol. The molecule has 0 aliphatic rings. The molecule has 0 saturated carbocycles. The smallest absolute Gasteiger partial charge is 0.871 e. The minimum Gasteiger partial charge on any atom is -0.871 e. The molecule has 1 amide bonds. The van der Waals surface area contributed by atoms with Gasteiger partial charge in [-0.3, -0.25) is 4.79 Å². The van der Waals surface area contributed by atoms with E-state index in [1.807, 2.05) is 67.8 Å². The Bertz CT molecular complexity index is 384. The molecule has 0 fully saturated rings. The Balaban J connectivity index is 0.00000169. The maximum atomic E-state index is 11.4. The number of hydrogen-bond acceptors (Lipinski definition) is 2. The van der Waals surface area contributed by atoms with Crippen LogP contribution in [-0.4, -0.2) is 5.91 Å². The Morgan fingerprint density at radius 1 is 1.29 bits per heavy atom. The van der Waals surface area contributed by atoms with Crippen LogP contribution in [0.1, 0.15) is 10.4 Å². The van der Waals surface area contributed by atoms with Gasteiger partial charge in [-0.2, -0.15) is 0 Å². The Hall–Kier alpha value is 1.68. The molecule has 0 heterocycles. The van der Waals surface area contributed by atoms with Crippen LogP contribution in [0.5, 0.6) is 5.75 Å². The first-order valence-corrected chi connectivity index (χ1v) is 6.33. The summed E-state index contributed by atoms with van der Waals surface area (Å²) in [5.41, 5.74) is 5.47. The number of halogens is 3. The average Bonchev–Trinajstić information content (AvgIpc) is 1.99. The third-order valence-corrected chi connectivity index (χ3v) is 4.06. The van der Waals surface area contributed by atoms with Crippen molar-refractivity contribution in [1.29, 1.82) is 0 Å². The minimum atomic E-state index is -0.553. The van der Waals surface area contributed by atoms with E-state index >= 15 is 0 Å². The second kappa shape index (κ2) is 6.42. The Morgan fingerprint density at radius 2 is 1.79 bits per heavy atom. The zero-order valence-electron chi connectivity index (χ0n) is 7.11. The summed E-state index contributed by atoms with van der Waals surface area (Å²) >= 11 is 5.78. The normalized spacial score (nSPS) is 9.36. The van der Waals surface area contributed by atoms with Gasteiger partial charge in [0.25, 0.3) is 5.91 Å². The van der Waals surface area contributed by atoms with Gasteiger partial charge in [-0.15, -0.1) is 0 Å². The molecule has 0 spiro atoms. The van der Waals surface area contributed by atoms with Crippen molar-refractivity contribution in [1.82, 2.24) is 0 Å². The van der Waals surface area contributed by atoms with Crippen molar-refractivity contribution in [3.8, 4) is 5.75 Å². The topological polar surface area (TPSA) is 66.2 Å². The molecule has 0 bridgehead atoms. The molecule has 1 aromatic carbocycles. The van der Waals surface area contributed by atoms with Crippen LogP contribution in [0.4, 0.5) is 0 Å². The second-order valence-electron chi connectivity index (χ2n) is 2.22. The molecule has 0 aromatic heterocycles. The van der Waals surface area contributed by atoms with E-state index in [-0.39, 0.29) is 35.3 Å². The number of carbonyl (C=O) groups excluding carboxylic acids is 1. The molecule has 0 aliphatic carbocycles. The molecule has 2 N–H and O–H groups in total. The number of hydrogen-bond donors (Lipinski definition) is 1. The van der Waals surface area contributed by atoms with Crippen molar-refractivity contribution in [3.05, 3.63) is 22.3 Å². The number of nitrogens with two attached hydrogens (primary N) is 1. The van der Waals surface area contributed by atoms with E-state index in [0.717, 1.165) is 3.57 Å². The number of primary amides is 1. The molecule has 0 aliphatic heterocycles. The first kappa shape index (κ1) is 15.7. The molecule has 0 radical (unpaired) electrons. The Kier molecular flexibility index (Phi) is 7.19. The molecule has 7 heteroatoms. The summed E-state index contributed by atoms with van der Waals surface area (Å²) < 4.78 is 1.73. The minimum absolute atomic E-state index is 0. The van der Waals surface area contributed by atoms with Gasteiger partial charge in [0.05, 0.1) is 5.56 Å². The fourth-order valence-corrected chi connectivity index (χ4v) is 4.70. The van der Waals surface area contributed by atoms with E-state index in [2.05, 4.69) is 0 Å². The zero-order valence-corrected chi connectivity index (χ0v) is 15.6. The predicted octanol–water partition coefficient (Wildman–Crippen LogP) is -1.32. The Labute approximate surface area is 144 Å². The molecular weight excluding hydrogens is 534 g/mol. The molecule has 3 nitrogen and oxygen atoms in total. The SMILES string of the molecule is NC(=O)c1c(I)cc(I)c([O-])c1I.[Na+]. The van der Waals surface area contributed by atoms with Crippen molar-refractivity contribution >= 4 is 73.7 Å². The summed E-state index contributed by atoms with van der Waals surface area (Å²) in [4.78, 5) is 11.0. The van der Waals surface area contributed by atoms with Crippen molar-refractivity contribution < 1.29 is 39.5 Å². The summed E-state index contributed by atoms with van der Waals surface area (Å²) in [5.74, 6) is -0.683. The van der Waals surface area contributed by atoms with Gasteiger partial charge in [0.2, 0.25) is 0 Å². The molecule has 0 unspecified atom stereocenters. The predicted molar refractivity (Wildman–Crippen MR) is 72.6 cm³/mol. The van der Waals surface area contributed by atoms with Crippen LogP contribution < -0.4 is 40.4 Å². The maximum absolute atomic E-state index is 11.4. The first-order chi connectivity index (χ1) is 5.95. The van der Waals surface area contributed by atoms with Crippen LogP contribution in [0.3, 0.4) is 0 Å². The van der Waals surface area contributed by atoms with Gasteiger partial charge in [-0.05, 0) is 73.8 Å². The summed E-state index contributed by atoms with van der Waals surface area (Å²) in [6, 6.07) is 1.66. The third kappa shape index (κ3) is 3.34. The van der Waals surface area contributed by atoms with Crippen molar-refractivity contribution in [3.63, 3.8) is 0 Å². The van der Waals surface area contributed by atoms with E-state index in [1.165, 1.54) is 0 Å². The Morgan fingerprint density at radius 3 is 2.21 bits per heavy atom. The zero-order chi connectivity index (χ0) is 10.2. The van der Waals surface area contributed by atoms with E-state index in [0.29, 0.717) is 12.7 Å². The van der Waals surface area contributed by atoms with Crippen LogP contribution in [0.15, 0.2) is 6.07 Å². The van der Waals surface area contributed by atoms with Gasteiger partial charge in [0.15, 0.2) is 0 Å². The molecular formula is C7H3I3NNaO2. The van der Waals surface area contributed by atoms with E-state index in [9.17, 15) is 9.90 Å². The van der Waals surface area contributed by atoms with Gasteiger partial charge in [0.1, 0.15) is 0 Å². The fraction of sp³-hybridized carbons (Fsp3) is 0. The van der Waals surface area contributed by atoms with Crippen LogP contribution in [0.25, 0.3) is 0 Å². The van der Waals surface area contributed by atoms with Gasteiger partial charge in [-0.25, -0.2) is 0 Å².